The average molecular weight is 135 g/mol. The maximum Gasteiger partial charge on any atom is -0.0199 e. The SMILES string of the molecule is [C]1=CC2CCCCC2CC1. The van der Waals surface area contributed by atoms with Crippen LogP contribution < -0.4 is 0 Å². The minimum Gasteiger partial charge on any atom is -0.0777 e. The second-order valence-electron chi connectivity index (χ2n) is 3.62. The van der Waals surface area contributed by atoms with E-state index in [0.29, 0.717) is 0 Å². The molecule has 0 spiro atoms. The molecule has 0 N–H and O–H groups in total. The molecule has 0 amide bonds. The first-order valence-corrected chi connectivity index (χ1v) is 4.53. The Bertz CT molecular complexity index is 135. The summed E-state index contributed by atoms with van der Waals surface area (Å²) in [6, 6.07) is 0. The molecule has 2 aliphatic carbocycles. The van der Waals surface area contributed by atoms with Crippen molar-refractivity contribution in [3.8, 4) is 0 Å². The molecule has 2 unspecified atom stereocenters. The third kappa shape index (κ3) is 1.12. The summed E-state index contributed by atoms with van der Waals surface area (Å²) in [6.07, 6.45) is 14.2. The zero-order valence-corrected chi connectivity index (χ0v) is 6.47. The summed E-state index contributed by atoms with van der Waals surface area (Å²) >= 11 is 0. The third-order valence-corrected chi connectivity index (χ3v) is 2.96. The van der Waals surface area contributed by atoms with Crippen LogP contribution in [0.2, 0.25) is 0 Å². The van der Waals surface area contributed by atoms with E-state index in [1.165, 1.54) is 38.5 Å². The van der Waals surface area contributed by atoms with Gasteiger partial charge in [0.2, 0.25) is 0 Å². The largest absolute Gasteiger partial charge is 0.0777 e. The number of fused-ring (bicyclic) bond motifs is 1. The van der Waals surface area contributed by atoms with E-state index in [9.17, 15) is 0 Å². The Kier molecular flexibility index (Phi) is 1.79. The standard InChI is InChI=1S/C10H15/c1-2-6-10-8-4-3-7-9(10)5-1/h8-10H,1-3,5-7H2. The molecule has 0 nitrogen and oxygen atoms in total. The molecule has 2 rings (SSSR count). The van der Waals surface area contributed by atoms with Crippen molar-refractivity contribution in [2.75, 3.05) is 0 Å². The molecular formula is C10H15. The topological polar surface area (TPSA) is 0 Å². The predicted molar refractivity (Wildman–Crippen MR) is 42.5 cm³/mol. The van der Waals surface area contributed by atoms with Crippen molar-refractivity contribution in [3.63, 3.8) is 0 Å². The first-order valence-electron chi connectivity index (χ1n) is 4.53. The fourth-order valence-electron chi connectivity index (χ4n) is 2.32. The lowest BCUT2D eigenvalue weighted by atomic mass is 9.74. The molecule has 1 radical (unpaired) electrons. The van der Waals surface area contributed by atoms with Gasteiger partial charge in [-0.15, -0.1) is 0 Å². The van der Waals surface area contributed by atoms with Crippen LogP contribution in [-0.4, -0.2) is 0 Å². The fraction of sp³-hybridized carbons (Fsp3) is 0.800. The second-order valence-corrected chi connectivity index (χ2v) is 3.62. The quantitative estimate of drug-likeness (QED) is 0.479. The Labute approximate surface area is 63.3 Å². The van der Waals surface area contributed by atoms with Gasteiger partial charge in [-0.2, -0.15) is 0 Å². The molecule has 1 fully saturated rings. The molecule has 0 heteroatoms. The van der Waals surface area contributed by atoms with E-state index in [2.05, 4.69) is 12.2 Å². The van der Waals surface area contributed by atoms with Gasteiger partial charge in [-0.3, -0.25) is 0 Å². The maximum atomic E-state index is 3.36. The van der Waals surface area contributed by atoms with Crippen LogP contribution in [0.25, 0.3) is 0 Å². The van der Waals surface area contributed by atoms with Crippen molar-refractivity contribution in [2.45, 2.75) is 38.5 Å². The van der Waals surface area contributed by atoms with Gasteiger partial charge in [0.1, 0.15) is 0 Å². The predicted octanol–water partition coefficient (Wildman–Crippen LogP) is 2.95. The normalized spacial score (nSPS) is 39.2. The van der Waals surface area contributed by atoms with Gasteiger partial charge < -0.3 is 0 Å². The molecule has 0 bridgehead atoms. The summed E-state index contributed by atoms with van der Waals surface area (Å²) < 4.78 is 0. The minimum absolute atomic E-state index is 0.919. The van der Waals surface area contributed by atoms with E-state index >= 15 is 0 Å². The van der Waals surface area contributed by atoms with Crippen LogP contribution in [0.3, 0.4) is 0 Å². The number of hydrogen-bond donors (Lipinski definition) is 0. The molecule has 2 atom stereocenters. The van der Waals surface area contributed by atoms with Crippen LogP contribution >= 0.6 is 0 Å². The van der Waals surface area contributed by atoms with Gasteiger partial charge in [-0.05, 0) is 43.6 Å². The Morgan fingerprint density at radius 1 is 1.10 bits per heavy atom. The molecule has 1 saturated carbocycles. The van der Waals surface area contributed by atoms with E-state index in [-0.39, 0.29) is 0 Å². The summed E-state index contributed by atoms with van der Waals surface area (Å²) in [5.41, 5.74) is 0. The van der Waals surface area contributed by atoms with E-state index in [4.69, 9.17) is 0 Å². The van der Waals surface area contributed by atoms with Crippen LogP contribution in [0.15, 0.2) is 6.08 Å². The first kappa shape index (κ1) is 6.45. The highest BCUT2D eigenvalue weighted by atomic mass is 14.3. The monoisotopic (exact) mass is 135 g/mol. The molecule has 10 heavy (non-hydrogen) atoms. The summed E-state index contributed by atoms with van der Waals surface area (Å²) in [5.74, 6) is 1.96. The van der Waals surface area contributed by atoms with Crippen LogP contribution in [0, 0.1) is 17.9 Å². The van der Waals surface area contributed by atoms with Gasteiger partial charge in [-0.25, -0.2) is 0 Å². The maximum absolute atomic E-state index is 3.36. The fourth-order valence-corrected chi connectivity index (χ4v) is 2.32. The van der Waals surface area contributed by atoms with Crippen LogP contribution in [-0.2, 0) is 0 Å². The summed E-state index contributed by atoms with van der Waals surface area (Å²) in [7, 11) is 0. The first-order chi connectivity index (χ1) is 4.97. The molecule has 0 aromatic carbocycles. The lowest BCUT2D eigenvalue weighted by Gasteiger charge is -2.31. The molecule has 0 aromatic rings. The second kappa shape index (κ2) is 2.77. The van der Waals surface area contributed by atoms with Crippen molar-refractivity contribution in [3.05, 3.63) is 12.2 Å². The highest BCUT2D eigenvalue weighted by Crippen LogP contribution is 2.36. The Morgan fingerprint density at radius 3 is 2.90 bits per heavy atom. The average Bonchev–Trinajstić information content (AvgIpc) is 2.05. The van der Waals surface area contributed by atoms with E-state index in [0.717, 1.165) is 11.8 Å². The lowest BCUT2D eigenvalue weighted by molar-refractivity contribution is 0.257. The van der Waals surface area contributed by atoms with Gasteiger partial charge in [0.25, 0.3) is 0 Å². The molecule has 0 saturated heterocycles. The zero-order chi connectivity index (χ0) is 6.81. The van der Waals surface area contributed by atoms with Crippen LogP contribution in [0.5, 0.6) is 0 Å². The minimum atomic E-state index is 0.919. The van der Waals surface area contributed by atoms with E-state index in [1.54, 1.807) is 0 Å². The number of allylic oxidation sites excluding steroid dienone is 2. The van der Waals surface area contributed by atoms with Crippen molar-refractivity contribution in [1.29, 1.82) is 0 Å². The van der Waals surface area contributed by atoms with Crippen molar-refractivity contribution < 1.29 is 0 Å². The smallest absolute Gasteiger partial charge is 0.0199 e. The van der Waals surface area contributed by atoms with Gasteiger partial charge >= 0.3 is 0 Å². The molecule has 0 aliphatic heterocycles. The lowest BCUT2D eigenvalue weighted by Crippen LogP contribution is -2.19. The van der Waals surface area contributed by atoms with Crippen molar-refractivity contribution >= 4 is 0 Å². The zero-order valence-electron chi connectivity index (χ0n) is 6.47. The van der Waals surface area contributed by atoms with Gasteiger partial charge in [0.15, 0.2) is 0 Å². The molecule has 0 aromatic heterocycles. The van der Waals surface area contributed by atoms with Crippen molar-refractivity contribution in [2.24, 2.45) is 11.8 Å². The molecule has 2 aliphatic rings. The third-order valence-electron chi connectivity index (χ3n) is 2.96. The van der Waals surface area contributed by atoms with Crippen molar-refractivity contribution in [1.82, 2.24) is 0 Å². The van der Waals surface area contributed by atoms with Crippen LogP contribution in [0.1, 0.15) is 38.5 Å². The Hall–Kier alpha value is -0.260. The van der Waals surface area contributed by atoms with Gasteiger partial charge in [0, 0.05) is 0 Å². The summed E-state index contributed by atoms with van der Waals surface area (Å²) in [4.78, 5) is 0. The molecule has 55 valence electrons. The van der Waals surface area contributed by atoms with E-state index in [1.807, 2.05) is 0 Å². The Balaban J connectivity index is 2.03. The van der Waals surface area contributed by atoms with E-state index < -0.39 is 0 Å². The highest BCUT2D eigenvalue weighted by molar-refractivity contribution is 4.94. The molecular weight excluding hydrogens is 120 g/mol. The summed E-state index contributed by atoms with van der Waals surface area (Å²) in [5, 5.41) is 0. The van der Waals surface area contributed by atoms with Gasteiger partial charge in [0.05, 0.1) is 0 Å². The molecule has 0 heterocycles. The number of rotatable bonds is 0. The van der Waals surface area contributed by atoms with Gasteiger partial charge in [-0.1, -0.05) is 18.9 Å². The highest BCUT2D eigenvalue weighted by Gasteiger charge is 2.24. The number of hydrogen-bond acceptors (Lipinski definition) is 0. The van der Waals surface area contributed by atoms with Crippen LogP contribution in [0.4, 0.5) is 0 Å². The summed E-state index contributed by atoms with van der Waals surface area (Å²) in [6.45, 7) is 0. The Morgan fingerprint density at radius 2 is 2.00 bits per heavy atom.